The van der Waals surface area contributed by atoms with E-state index in [-0.39, 0.29) is 0 Å². The van der Waals surface area contributed by atoms with Crippen LogP contribution in [0.5, 0.6) is 0 Å². The standard InChI is InChI=1S/C23H25NO/c1-18-10-8-9-15-21(18)22(24)23(25,16-19-11-4-2-5-12-19)17-20-13-6-3-7-14-20/h2-15,22,25H,16-17,24H2,1H3. The highest BCUT2D eigenvalue weighted by atomic mass is 16.3. The van der Waals surface area contributed by atoms with Gasteiger partial charge in [0.05, 0.1) is 11.6 Å². The zero-order valence-electron chi connectivity index (χ0n) is 14.6. The first-order chi connectivity index (χ1) is 12.1. The average molecular weight is 331 g/mol. The van der Waals surface area contributed by atoms with Crippen LogP contribution in [-0.4, -0.2) is 10.7 Å². The van der Waals surface area contributed by atoms with Crippen molar-refractivity contribution in [2.45, 2.75) is 31.4 Å². The van der Waals surface area contributed by atoms with E-state index in [4.69, 9.17) is 5.73 Å². The maximum absolute atomic E-state index is 11.6. The van der Waals surface area contributed by atoms with Crippen LogP contribution >= 0.6 is 0 Å². The first-order valence-electron chi connectivity index (χ1n) is 8.70. The maximum Gasteiger partial charge on any atom is 0.0919 e. The Labute approximate surface area is 150 Å². The van der Waals surface area contributed by atoms with Gasteiger partial charge in [0.1, 0.15) is 0 Å². The Morgan fingerprint density at radius 1 is 0.760 bits per heavy atom. The molecule has 0 aromatic heterocycles. The van der Waals surface area contributed by atoms with Crippen molar-refractivity contribution >= 4 is 0 Å². The van der Waals surface area contributed by atoms with Crippen LogP contribution in [0.15, 0.2) is 84.9 Å². The Hall–Kier alpha value is -2.42. The summed E-state index contributed by atoms with van der Waals surface area (Å²) in [6, 6.07) is 27.7. The van der Waals surface area contributed by atoms with Crippen LogP contribution in [-0.2, 0) is 12.8 Å². The third kappa shape index (κ3) is 4.16. The summed E-state index contributed by atoms with van der Waals surface area (Å²) in [6.07, 6.45) is 1.02. The summed E-state index contributed by atoms with van der Waals surface area (Å²) in [5, 5.41) is 11.6. The van der Waals surface area contributed by atoms with Crippen LogP contribution in [0, 0.1) is 6.92 Å². The van der Waals surface area contributed by atoms with Gasteiger partial charge < -0.3 is 10.8 Å². The van der Waals surface area contributed by atoms with Crippen LogP contribution in [0.4, 0.5) is 0 Å². The number of rotatable bonds is 6. The summed E-state index contributed by atoms with van der Waals surface area (Å²) in [5.41, 5.74) is 9.84. The van der Waals surface area contributed by atoms with E-state index in [1.807, 2.05) is 91.9 Å². The number of nitrogens with two attached hydrogens (primary N) is 1. The van der Waals surface area contributed by atoms with E-state index in [0.717, 1.165) is 22.3 Å². The molecular formula is C23H25NO. The second kappa shape index (κ2) is 7.64. The number of aryl methyl sites for hydroxylation is 1. The van der Waals surface area contributed by atoms with E-state index in [1.165, 1.54) is 0 Å². The second-order valence-electron chi connectivity index (χ2n) is 6.76. The van der Waals surface area contributed by atoms with E-state index in [2.05, 4.69) is 0 Å². The first-order valence-corrected chi connectivity index (χ1v) is 8.70. The van der Waals surface area contributed by atoms with Crippen LogP contribution in [0.1, 0.15) is 28.3 Å². The topological polar surface area (TPSA) is 46.2 Å². The number of hydrogen-bond acceptors (Lipinski definition) is 2. The van der Waals surface area contributed by atoms with Crippen molar-refractivity contribution in [3.05, 3.63) is 107 Å². The van der Waals surface area contributed by atoms with Gasteiger partial charge in [-0.15, -0.1) is 0 Å². The van der Waals surface area contributed by atoms with Gasteiger partial charge in [-0.3, -0.25) is 0 Å². The lowest BCUT2D eigenvalue weighted by atomic mass is 9.78. The predicted molar refractivity (Wildman–Crippen MR) is 103 cm³/mol. The average Bonchev–Trinajstić information content (AvgIpc) is 2.63. The molecular weight excluding hydrogens is 306 g/mol. The normalized spacial score (nSPS) is 12.8. The van der Waals surface area contributed by atoms with Crippen LogP contribution in [0.3, 0.4) is 0 Å². The van der Waals surface area contributed by atoms with Gasteiger partial charge in [0.2, 0.25) is 0 Å². The fraction of sp³-hybridized carbons (Fsp3) is 0.217. The molecule has 0 saturated heterocycles. The summed E-state index contributed by atoms with van der Waals surface area (Å²) in [6.45, 7) is 2.04. The van der Waals surface area contributed by atoms with Crippen LogP contribution < -0.4 is 5.73 Å². The molecule has 3 N–H and O–H groups in total. The van der Waals surface area contributed by atoms with Crippen molar-refractivity contribution < 1.29 is 5.11 Å². The highest BCUT2D eigenvalue weighted by Gasteiger charge is 2.36. The number of benzene rings is 3. The molecule has 2 heteroatoms. The molecule has 2 nitrogen and oxygen atoms in total. The molecule has 25 heavy (non-hydrogen) atoms. The molecule has 128 valence electrons. The molecule has 0 aliphatic rings. The Kier molecular flexibility index (Phi) is 5.32. The van der Waals surface area contributed by atoms with Gasteiger partial charge in [-0.25, -0.2) is 0 Å². The van der Waals surface area contributed by atoms with E-state index >= 15 is 0 Å². The first kappa shape index (κ1) is 17.4. The summed E-state index contributed by atoms with van der Waals surface area (Å²) < 4.78 is 0. The quantitative estimate of drug-likeness (QED) is 0.711. The Bertz CT molecular complexity index is 757. The fourth-order valence-electron chi connectivity index (χ4n) is 3.41. The molecule has 0 radical (unpaired) electrons. The monoisotopic (exact) mass is 331 g/mol. The Morgan fingerprint density at radius 3 is 1.68 bits per heavy atom. The molecule has 3 rings (SSSR count). The SMILES string of the molecule is Cc1ccccc1C(N)C(O)(Cc1ccccc1)Cc1ccccc1. The number of aliphatic hydroxyl groups is 1. The van der Waals surface area contributed by atoms with Crippen molar-refractivity contribution in [3.8, 4) is 0 Å². The molecule has 0 heterocycles. The van der Waals surface area contributed by atoms with Gasteiger partial charge in [0.15, 0.2) is 0 Å². The van der Waals surface area contributed by atoms with Crippen molar-refractivity contribution in [3.63, 3.8) is 0 Å². The van der Waals surface area contributed by atoms with Gasteiger partial charge in [-0.05, 0) is 29.2 Å². The molecule has 3 aromatic carbocycles. The molecule has 0 aliphatic carbocycles. The third-order valence-electron chi connectivity index (χ3n) is 4.81. The zero-order valence-corrected chi connectivity index (χ0v) is 14.6. The van der Waals surface area contributed by atoms with Crippen LogP contribution in [0.25, 0.3) is 0 Å². The van der Waals surface area contributed by atoms with E-state index < -0.39 is 11.6 Å². The van der Waals surface area contributed by atoms with Crippen molar-refractivity contribution in [2.24, 2.45) is 5.73 Å². The largest absolute Gasteiger partial charge is 0.387 e. The van der Waals surface area contributed by atoms with Crippen molar-refractivity contribution in [1.82, 2.24) is 0 Å². The minimum atomic E-state index is -1.06. The molecule has 0 bridgehead atoms. The number of hydrogen-bond donors (Lipinski definition) is 2. The van der Waals surface area contributed by atoms with Gasteiger partial charge in [-0.1, -0.05) is 84.9 Å². The summed E-state index contributed by atoms with van der Waals surface area (Å²) in [4.78, 5) is 0. The van der Waals surface area contributed by atoms with Crippen molar-refractivity contribution in [2.75, 3.05) is 0 Å². The van der Waals surface area contributed by atoms with Gasteiger partial charge in [0, 0.05) is 12.8 Å². The minimum absolute atomic E-state index is 0.464. The lowest BCUT2D eigenvalue weighted by molar-refractivity contribution is 0.0134. The Morgan fingerprint density at radius 2 is 1.20 bits per heavy atom. The highest BCUT2D eigenvalue weighted by Crippen LogP contribution is 2.32. The van der Waals surface area contributed by atoms with E-state index in [0.29, 0.717) is 12.8 Å². The zero-order chi connectivity index (χ0) is 17.7. The van der Waals surface area contributed by atoms with E-state index in [1.54, 1.807) is 0 Å². The molecule has 1 atom stereocenters. The fourth-order valence-corrected chi connectivity index (χ4v) is 3.41. The lowest BCUT2D eigenvalue weighted by Gasteiger charge is -2.35. The summed E-state index contributed by atoms with van der Waals surface area (Å²) in [7, 11) is 0. The molecule has 0 aliphatic heterocycles. The minimum Gasteiger partial charge on any atom is -0.387 e. The molecule has 1 unspecified atom stereocenters. The van der Waals surface area contributed by atoms with E-state index in [9.17, 15) is 5.11 Å². The smallest absolute Gasteiger partial charge is 0.0919 e. The molecule has 0 fully saturated rings. The third-order valence-corrected chi connectivity index (χ3v) is 4.81. The second-order valence-corrected chi connectivity index (χ2v) is 6.76. The molecule has 0 amide bonds. The van der Waals surface area contributed by atoms with Crippen molar-refractivity contribution in [1.29, 1.82) is 0 Å². The lowest BCUT2D eigenvalue weighted by Crippen LogP contribution is -2.45. The van der Waals surface area contributed by atoms with Gasteiger partial charge >= 0.3 is 0 Å². The molecule has 3 aromatic rings. The molecule has 0 saturated carbocycles. The maximum atomic E-state index is 11.6. The Balaban J connectivity index is 1.97. The summed E-state index contributed by atoms with van der Waals surface area (Å²) in [5.74, 6) is 0. The van der Waals surface area contributed by atoms with Gasteiger partial charge in [0.25, 0.3) is 0 Å². The summed E-state index contributed by atoms with van der Waals surface area (Å²) >= 11 is 0. The highest BCUT2D eigenvalue weighted by molar-refractivity contribution is 5.33. The van der Waals surface area contributed by atoms with Gasteiger partial charge in [-0.2, -0.15) is 0 Å². The molecule has 0 spiro atoms. The predicted octanol–water partition coefficient (Wildman–Crippen LogP) is 4.21. The van der Waals surface area contributed by atoms with Crippen LogP contribution in [0.2, 0.25) is 0 Å².